The van der Waals surface area contributed by atoms with Crippen LogP contribution in [0, 0.1) is 5.92 Å². The molecule has 0 bridgehead atoms. The molecule has 2 nitrogen and oxygen atoms in total. The largest absolute Gasteiger partial charge is 0.460 e. The standard InChI is InChI=1S/C21H21F3O2/c1-14(21(22,23)24)19(18-11-10-16-8-5-9-17(16)12-18)20(25)26-13-15-6-3-2-4-7-15/h2-4,6-7,10-12,14,19H,5,8-9,13H2,1H3/t14-,19?/m1/s1. The Morgan fingerprint density at radius 3 is 2.46 bits per heavy atom. The van der Waals surface area contributed by atoms with Crippen molar-refractivity contribution in [3.63, 3.8) is 0 Å². The third-order valence-electron chi connectivity index (χ3n) is 4.98. The minimum absolute atomic E-state index is 0.0360. The van der Waals surface area contributed by atoms with Crippen molar-refractivity contribution in [2.24, 2.45) is 5.92 Å². The fraction of sp³-hybridized carbons (Fsp3) is 0.381. The number of carbonyl (C=O) groups is 1. The Hall–Kier alpha value is -2.30. The lowest BCUT2D eigenvalue weighted by atomic mass is 9.85. The molecule has 0 saturated heterocycles. The first-order valence-corrected chi connectivity index (χ1v) is 8.75. The van der Waals surface area contributed by atoms with Gasteiger partial charge in [0.25, 0.3) is 0 Å². The van der Waals surface area contributed by atoms with Crippen LogP contribution in [0.2, 0.25) is 0 Å². The van der Waals surface area contributed by atoms with Gasteiger partial charge in [-0.25, -0.2) is 0 Å². The number of hydrogen-bond acceptors (Lipinski definition) is 2. The first kappa shape index (κ1) is 18.5. The molecule has 1 unspecified atom stereocenters. The summed E-state index contributed by atoms with van der Waals surface area (Å²) in [6, 6.07) is 14.2. The molecule has 0 aliphatic heterocycles. The number of aryl methyl sites for hydroxylation is 2. The minimum Gasteiger partial charge on any atom is -0.460 e. The smallest absolute Gasteiger partial charge is 0.392 e. The number of ether oxygens (including phenoxy) is 1. The van der Waals surface area contributed by atoms with Gasteiger partial charge in [0.15, 0.2) is 0 Å². The van der Waals surface area contributed by atoms with E-state index in [0.29, 0.717) is 5.56 Å². The van der Waals surface area contributed by atoms with Crippen molar-refractivity contribution in [3.8, 4) is 0 Å². The van der Waals surface area contributed by atoms with Crippen LogP contribution in [0.5, 0.6) is 0 Å². The number of fused-ring (bicyclic) bond motifs is 1. The van der Waals surface area contributed by atoms with Crippen molar-refractivity contribution in [1.29, 1.82) is 0 Å². The lowest BCUT2D eigenvalue weighted by Crippen LogP contribution is -2.32. The summed E-state index contributed by atoms with van der Waals surface area (Å²) in [5, 5.41) is 0. The molecule has 2 aromatic carbocycles. The van der Waals surface area contributed by atoms with Crippen molar-refractivity contribution in [1.82, 2.24) is 0 Å². The third-order valence-corrected chi connectivity index (χ3v) is 4.98. The van der Waals surface area contributed by atoms with Crippen molar-refractivity contribution >= 4 is 5.97 Å². The van der Waals surface area contributed by atoms with E-state index in [2.05, 4.69) is 0 Å². The van der Waals surface area contributed by atoms with E-state index in [4.69, 9.17) is 4.74 Å². The number of halogens is 3. The molecule has 26 heavy (non-hydrogen) atoms. The summed E-state index contributed by atoms with van der Waals surface area (Å²) in [5.74, 6) is -4.01. The highest BCUT2D eigenvalue weighted by atomic mass is 19.4. The molecule has 2 atom stereocenters. The Morgan fingerprint density at radius 2 is 1.77 bits per heavy atom. The number of benzene rings is 2. The Bertz CT molecular complexity index is 769. The van der Waals surface area contributed by atoms with E-state index >= 15 is 0 Å². The quantitative estimate of drug-likeness (QED) is 0.683. The zero-order valence-electron chi connectivity index (χ0n) is 14.6. The third kappa shape index (κ3) is 4.09. The van der Waals surface area contributed by atoms with E-state index in [-0.39, 0.29) is 6.61 Å². The molecule has 0 radical (unpaired) electrons. The Morgan fingerprint density at radius 1 is 1.08 bits per heavy atom. The van der Waals surface area contributed by atoms with E-state index in [1.807, 2.05) is 12.1 Å². The van der Waals surface area contributed by atoms with Crippen molar-refractivity contribution in [2.45, 2.75) is 44.9 Å². The van der Waals surface area contributed by atoms with Crippen LogP contribution < -0.4 is 0 Å². The van der Waals surface area contributed by atoms with Crippen molar-refractivity contribution < 1.29 is 22.7 Å². The van der Waals surface area contributed by atoms with Gasteiger partial charge in [0.2, 0.25) is 0 Å². The zero-order valence-corrected chi connectivity index (χ0v) is 14.6. The molecule has 0 saturated carbocycles. The van der Waals surface area contributed by atoms with Gasteiger partial charge in [-0.1, -0.05) is 55.5 Å². The summed E-state index contributed by atoms with van der Waals surface area (Å²) in [5.41, 5.74) is 3.32. The van der Waals surface area contributed by atoms with Crippen LogP contribution >= 0.6 is 0 Å². The van der Waals surface area contributed by atoms with E-state index < -0.39 is 24.0 Å². The molecular weight excluding hydrogens is 341 g/mol. The predicted octanol–water partition coefficient (Wildman–Crippen LogP) is 5.20. The Balaban J connectivity index is 1.84. The molecular formula is C21H21F3O2. The van der Waals surface area contributed by atoms with Gasteiger partial charge in [-0.05, 0) is 41.5 Å². The SMILES string of the molecule is C[C@H](C(C(=O)OCc1ccccc1)c1ccc2c(c1)CCC2)C(F)(F)F. The maximum atomic E-state index is 13.4. The molecule has 0 fully saturated rings. The van der Waals surface area contributed by atoms with E-state index in [1.165, 1.54) is 0 Å². The van der Waals surface area contributed by atoms with Crippen LogP contribution in [0.4, 0.5) is 13.2 Å². The monoisotopic (exact) mass is 362 g/mol. The molecule has 0 spiro atoms. The summed E-state index contributed by atoms with van der Waals surface area (Å²) in [6.45, 7) is 1.01. The summed E-state index contributed by atoms with van der Waals surface area (Å²) >= 11 is 0. The lowest BCUT2D eigenvalue weighted by molar-refractivity contribution is -0.186. The second kappa shape index (κ2) is 7.52. The first-order chi connectivity index (χ1) is 12.4. The van der Waals surface area contributed by atoms with Crippen LogP contribution in [-0.2, 0) is 29.0 Å². The van der Waals surface area contributed by atoms with Crippen molar-refractivity contribution in [3.05, 3.63) is 70.8 Å². The van der Waals surface area contributed by atoms with E-state index in [0.717, 1.165) is 42.9 Å². The predicted molar refractivity (Wildman–Crippen MR) is 92.7 cm³/mol. The molecule has 0 amide bonds. The van der Waals surface area contributed by atoms with Gasteiger partial charge in [0.1, 0.15) is 6.61 Å². The normalized spacial score (nSPS) is 16.0. The average Bonchev–Trinajstić information content (AvgIpc) is 3.08. The summed E-state index contributed by atoms with van der Waals surface area (Å²) in [7, 11) is 0. The number of hydrogen-bond donors (Lipinski definition) is 0. The molecule has 0 aromatic heterocycles. The van der Waals surface area contributed by atoms with Gasteiger partial charge in [-0.3, -0.25) is 4.79 Å². The highest BCUT2D eigenvalue weighted by Crippen LogP contribution is 2.39. The fourth-order valence-electron chi connectivity index (χ4n) is 3.42. The highest BCUT2D eigenvalue weighted by molar-refractivity contribution is 5.79. The molecule has 1 aliphatic carbocycles. The van der Waals surface area contributed by atoms with Gasteiger partial charge >= 0.3 is 12.1 Å². The molecule has 2 aromatic rings. The molecule has 5 heteroatoms. The van der Waals surface area contributed by atoms with Crippen LogP contribution in [0.15, 0.2) is 48.5 Å². The maximum Gasteiger partial charge on any atom is 0.392 e. The summed E-state index contributed by atoms with van der Waals surface area (Å²) in [6.07, 6.45) is -1.70. The van der Waals surface area contributed by atoms with Crippen LogP contribution in [0.25, 0.3) is 0 Å². The minimum atomic E-state index is -4.48. The van der Waals surface area contributed by atoms with Gasteiger partial charge in [-0.2, -0.15) is 13.2 Å². The highest BCUT2D eigenvalue weighted by Gasteiger charge is 2.45. The second-order valence-corrected chi connectivity index (χ2v) is 6.78. The Labute approximate surface area is 151 Å². The van der Waals surface area contributed by atoms with Gasteiger partial charge in [0, 0.05) is 0 Å². The van der Waals surface area contributed by atoms with Gasteiger partial charge < -0.3 is 4.74 Å². The molecule has 0 heterocycles. The topological polar surface area (TPSA) is 26.3 Å². The zero-order chi connectivity index (χ0) is 18.7. The molecule has 0 N–H and O–H groups in total. The molecule has 138 valence electrons. The molecule has 1 aliphatic rings. The van der Waals surface area contributed by atoms with E-state index in [9.17, 15) is 18.0 Å². The molecule has 3 rings (SSSR count). The number of carbonyl (C=O) groups excluding carboxylic acids is 1. The summed E-state index contributed by atoms with van der Waals surface area (Å²) < 4.78 is 45.4. The summed E-state index contributed by atoms with van der Waals surface area (Å²) in [4.78, 5) is 12.6. The Kier molecular flexibility index (Phi) is 5.35. The van der Waals surface area contributed by atoms with Crippen LogP contribution in [-0.4, -0.2) is 12.1 Å². The lowest BCUT2D eigenvalue weighted by Gasteiger charge is -2.25. The van der Waals surface area contributed by atoms with Gasteiger partial charge in [0.05, 0.1) is 11.8 Å². The van der Waals surface area contributed by atoms with Crippen LogP contribution in [0.1, 0.15) is 41.5 Å². The second-order valence-electron chi connectivity index (χ2n) is 6.78. The van der Waals surface area contributed by atoms with E-state index in [1.54, 1.807) is 36.4 Å². The fourth-order valence-corrected chi connectivity index (χ4v) is 3.42. The van der Waals surface area contributed by atoms with Crippen LogP contribution in [0.3, 0.4) is 0 Å². The van der Waals surface area contributed by atoms with Crippen molar-refractivity contribution in [2.75, 3.05) is 0 Å². The first-order valence-electron chi connectivity index (χ1n) is 8.75. The maximum absolute atomic E-state index is 13.4. The van der Waals surface area contributed by atoms with Gasteiger partial charge in [-0.15, -0.1) is 0 Å². The number of esters is 1. The average molecular weight is 362 g/mol. The number of alkyl halides is 3. The number of rotatable bonds is 5.